The summed E-state index contributed by atoms with van der Waals surface area (Å²) >= 11 is 0. The predicted molar refractivity (Wildman–Crippen MR) is 69.8 cm³/mol. The molecule has 0 bridgehead atoms. The van der Waals surface area contributed by atoms with Crippen LogP contribution in [0.25, 0.3) is 0 Å². The minimum Gasteiger partial charge on any atom is -0.478 e. The molecule has 0 spiro atoms. The van der Waals surface area contributed by atoms with E-state index in [1.54, 1.807) is 6.92 Å². The van der Waals surface area contributed by atoms with Crippen LogP contribution < -0.4 is 10.6 Å². The van der Waals surface area contributed by atoms with E-state index in [9.17, 15) is 14.3 Å². The molecule has 0 saturated carbocycles. The topological polar surface area (TPSA) is 86.8 Å². The Labute approximate surface area is 110 Å². The molecule has 1 saturated heterocycles. The number of benzene rings is 1. The molecule has 0 unspecified atom stereocenters. The zero-order valence-corrected chi connectivity index (χ0v) is 10.7. The average molecular weight is 268 g/mol. The normalized spacial score (nSPS) is 18.4. The van der Waals surface area contributed by atoms with Crippen LogP contribution in [-0.4, -0.2) is 34.9 Å². The zero-order valence-electron chi connectivity index (χ0n) is 10.7. The van der Waals surface area contributed by atoms with Crippen molar-refractivity contribution >= 4 is 17.3 Å². The second-order valence-corrected chi connectivity index (χ2v) is 5.18. The second kappa shape index (κ2) is 4.70. The van der Waals surface area contributed by atoms with E-state index in [-0.39, 0.29) is 5.69 Å². The van der Waals surface area contributed by atoms with E-state index < -0.39 is 23.0 Å². The fourth-order valence-electron chi connectivity index (χ4n) is 2.25. The van der Waals surface area contributed by atoms with Gasteiger partial charge in [0, 0.05) is 19.2 Å². The number of carboxylic acid groups (broad SMARTS) is 1. The summed E-state index contributed by atoms with van der Waals surface area (Å²) < 4.78 is 13.7. The van der Waals surface area contributed by atoms with E-state index in [4.69, 9.17) is 10.8 Å². The number of hydrogen-bond donors (Lipinski definition) is 3. The molecular weight excluding hydrogens is 251 g/mol. The summed E-state index contributed by atoms with van der Waals surface area (Å²) in [6.07, 6.45) is 1.13. The highest BCUT2D eigenvalue weighted by molar-refractivity contribution is 5.91. The first-order valence-corrected chi connectivity index (χ1v) is 6.10. The molecule has 19 heavy (non-hydrogen) atoms. The molecule has 1 heterocycles. The average Bonchev–Trinajstić information content (AvgIpc) is 2.31. The quantitative estimate of drug-likeness (QED) is 0.707. The second-order valence-electron chi connectivity index (χ2n) is 5.18. The summed E-state index contributed by atoms with van der Waals surface area (Å²) in [5, 5.41) is 18.7. The molecule has 1 aliphatic rings. The van der Waals surface area contributed by atoms with Gasteiger partial charge in [-0.2, -0.15) is 0 Å². The van der Waals surface area contributed by atoms with Crippen molar-refractivity contribution < 1.29 is 19.4 Å². The van der Waals surface area contributed by atoms with Crippen LogP contribution in [-0.2, 0) is 0 Å². The Balaban J connectivity index is 2.27. The third-order valence-corrected chi connectivity index (χ3v) is 3.53. The standard InChI is InChI=1S/C13H17FN2O3/c1-13(19)2-4-16(5-3-13)11-7-9(14)8(12(17)18)6-10(11)15/h6-7,19H,2-5,15H2,1H3,(H,17,18). The summed E-state index contributed by atoms with van der Waals surface area (Å²) in [5.74, 6) is -2.13. The lowest BCUT2D eigenvalue weighted by Crippen LogP contribution is -2.42. The van der Waals surface area contributed by atoms with Crippen LogP contribution in [0, 0.1) is 5.82 Å². The van der Waals surface area contributed by atoms with E-state index in [0.717, 1.165) is 12.1 Å². The van der Waals surface area contributed by atoms with E-state index in [1.165, 1.54) is 0 Å². The SMILES string of the molecule is CC1(O)CCN(c2cc(F)c(C(=O)O)cc2N)CC1. The number of nitrogens with zero attached hydrogens (tertiary/aromatic N) is 1. The van der Waals surface area contributed by atoms with Crippen LogP contribution in [0.2, 0.25) is 0 Å². The Morgan fingerprint density at radius 3 is 2.53 bits per heavy atom. The smallest absolute Gasteiger partial charge is 0.338 e. The molecule has 4 N–H and O–H groups in total. The van der Waals surface area contributed by atoms with Gasteiger partial charge in [-0.3, -0.25) is 0 Å². The molecule has 104 valence electrons. The van der Waals surface area contributed by atoms with Crippen LogP contribution in [0.5, 0.6) is 0 Å². The van der Waals surface area contributed by atoms with E-state index >= 15 is 0 Å². The van der Waals surface area contributed by atoms with Crippen molar-refractivity contribution in [1.29, 1.82) is 0 Å². The van der Waals surface area contributed by atoms with Crippen molar-refractivity contribution in [3.05, 3.63) is 23.5 Å². The number of carbonyl (C=O) groups is 1. The fourth-order valence-corrected chi connectivity index (χ4v) is 2.25. The number of anilines is 2. The highest BCUT2D eigenvalue weighted by Crippen LogP contribution is 2.31. The molecule has 0 atom stereocenters. The number of rotatable bonds is 2. The molecular formula is C13H17FN2O3. The Bertz CT molecular complexity index is 507. The number of nitrogen functional groups attached to an aromatic ring is 1. The highest BCUT2D eigenvalue weighted by atomic mass is 19.1. The zero-order chi connectivity index (χ0) is 14.2. The predicted octanol–water partition coefficient (Wildman–Crippen LogP) is 1.46. The number of halogens is 1. The number of carboxylic acids is 1. The van der Waals surface area contributed by atoms with Gasteiger partial charge in [0.2, 0.25) is 0 Å². The van der Waals surface area contributed by atoms with Gasteiger partial charge in [-0.25, -0.2) is 9.18 Å². The monoisotopic (exact) mass is 268 g/mol. The maximum atomic E-state index is 13.7. The molecule has 1 fully saturated rings. The van der Waals surface area contributed by atoms with Gasteiger partial charge in [-0.05, 0) is 25.8 Å². The first kappa shape index (κ1) is 13.6. The van der Waals surface area contributed by atoms with Crippen molar-refractivity contribution in [2.45, 2.75) is 25.4 Å². The molecule has 1 aromatic carbocycles. The molecule has 0 aliphatic carbocycles. The van der Waals surface area contributed by atoms with E-state index in [1.807, 2.05) is 4.90 Å². The molecule has 0 radical (unpaired) electrons. The van der Waals surface area contributed by atoms with E-state index in [0.29, 0.717) is 31.6 Å². The van der Waals surface area contributed by atoms with Gasteiger partial charge in [0.05, 0.1) is 22.5 Å². The van der Waals surface area contributed by atoms with E-state index in [2.05, 4.69) is 0 Å². The summed E-state index contributed by atoms with van der Waals surface area (Å²) in [6, 6.07) is 2.29. The van der Waals surface area contributed by atoms with Gasteiger partial charge in [-0.15, -0.1) is 0 Å². The summed E-state index contributed by atoms with van der Waals surface area (Å²) in [6.45, 7) is 2.88. The molecule has 0 aromatic heterocycles. The highest BCUT2D eigenvalue weighted by Gasteiger charge is 2.28. The lowest BCUT2D eigenvalue weighted by atomic mass is 9.93. The van der Waals surface area contributed by atoms with Crippen LogP contribution >= 0.6 is 0 Å². The molecule has 1 aliphatic heterocycles. The maximum Gasteiger partial charge on any atom is 0.338 e. The number of piperidine rings is 1. The summed E-state index contributed by atoms with van der Waals surface area (Å²) in [4.78, 5) is 12.7. The molecule has 6 heteroatoms. The molecule has 2 rings (SSSR count). The summed E-state index contributed by atoms with van der Waals surface area (Å²) in [5.41, 5.74) is 5.38. The number of nitrogens with two attached hydrogens (primary N) is 1. The van der Waals surface area contributed by atoms with Crippen molar-refractivity contribution in [2.75, 3.05) is 23.7 Å². The number of aliphatic hydroxyl groups is 1. The Hall–Kier alpha value is -1.82. The van der Waals surface area contributed by atoms with Crippen LogP contribution in [0.15, 0.2) is 12.1 Å². The molecule has 5 nitrogen and oxygen atoms in total. The summed E-state index contributed by atoms with van der Waals surface area (Å²) in [7, 11) is 0. The van der Waals surface area contributed by atoms with Gasteiger partial charge in [0.1, 0.15) is 5.82 Å². The maximum absolute atomic E-state index is 13.7. The van der Waals surface area contributed by atoms with Crippen molar-refractivity contribution in [3.63, 3.8) is 0 Å². The van der Waals surface area contributed by atoms with Gasteiger partial charge in [0.15, 0.2) is 0 Å². The lowest BCUT2D eigenvalue weighted by molar-refractivity contribution is 0.0351. The molecule has 0 amide bonds. The van der Waals surface area contributed by atoms with Gasteiger partial charge >= 0.3 is 5.97 Å². The van der Waals surface area contributed by atoms with Crippen molar-refractivity contribution in [3.8, 4) is 0 Å². The fraction of sp³-hybridized carbons (Fsp3) is 0.462. The largest absolute Gasteiger partial charge is 0.478 e. The lowest BCUT2D eigenvalue weighted by Gasteiger charge is -2.37. The molecule has 1 aromatic rings. The van der Waals surface area contributed by atoms with Crippen molar-refractivity contribution in [1.82, 2.24) is 0 Å². The Kier molecular flexibility index (Phi) is 3.36. The minimum atomic E-state index is -1.34. The van der Waals surface area contributed by atoms with Gasteiger partial charge in [-0.1, -0.05) is 0 Å². The number of aromatic carboxylic acids is 1. The van der Waals surface area contributed by atoms with Gasteiger partial charge in [0.25, 0.3) is 0 Å². The van der Waals surface area contributed by atoms with Crippen LogP contribution in [0.3, 0.4) is 0 Å². The van der Waals surface area contributed by atoms with Crippen molar-refractivity contribution in [2.24, 2.45) is 0 Å². The Morgan fingerprint density at radius 1 is 1.42 bits per heavy atom. The van der Waals surface area contributed by atoms with Crippen LogP contribution in [0.4, 0.5) is 15.8 Å². The van der Waals surface area contributed by atoms with Gasteiger partial charge < -0.3 is 20.8 Å². The Morgan fingerprint density at radius 2 is 2.00 bits per heavy atom. The third kappa shape index (κ3) is 2.78. The first-order chi connectivity index (χ1) is 8.80. The minimum absolute atomic E-state index is 0.236. The number of hydrogen-bond acceptors (Lipinski definition) is 4. The van der Waals surface area contributed by atoms with Crippen LogP contribution in [0.1, 0.15) is 30.1 Å². The third-order valence-electron chi connectivity index (χ3n) is 3.53. The first-order valence-electron chi connectivity index (χ1n) is 6.10.